The van der Waals surface area contributed by atoms with E-state index in [-0.39, 0.29) is 6.03 Å². The van der Waals surface area contributed by atoms with Crippen LogP contribution in [0.15, 0.2) is 0 Å². The van der Waals surface area contributed by atoms with Crippen molar-refractivity contribution in [1.29, 1.82) is 0 Å². The molecule has 1 saturated carbocycles. The van der Waals surface area contributed by atoms with Gasteiger partial charge in [-0.05, 0) is 38.5 Å². The molecule has 1 atom stereocenters. The summed E-state index contributed by atoms with van der Waals surface area (Å²) in [5, 5.41) is 3.20. The van der Waals surface area contributed by atoms with Crippen LogP contribution < -0.4 is 5.32 Å². The van der Waals surface area contributed by atoms with Crippen LogP contribution in [0.4, 0.5) is 4.79 Å². The van der Waals surface area contributed by atoms with Crippen LogP contribution >= 0.6 is 0 Å². The average molecular weight is 224 g/mol. The lowest BCUT2D eigenvalue weighted by atomic mass is 10.0. The van der Waals surface area contributed by atoms with E-state index in [4.69, 9.17) is 0 Å². The van der Waals surface area contributed by atoms with Gasteiger partial charge in [-0.1, -0.05) is 19.8 Å². The summed E-state index contributed by atoms with van der Waals surface area (Å²) in [7, 11) is 0. The third-order valence-electron chi connectivity index (χ3n) is 4.04. The van der Waals surface area contributed by atoms with Crippen molar-refractivity contribution in [3.8, 4) is 0 Å². The van der Waals surface area contributed by atoms with Crippen LogP contribution in [0.1, 0.15) is 58.3 Å². The second-order valence-electron chi connectivity index (χ2n) is 5.18. The Kier molecular flexibility index (Phi) is 4.08. The highest BCUT2D eigenvalue weighted by atomic mass is 16.2. The van der Waals surface area contributed by atoms with E-state index in [0.29, 0.717) is 12.1 Å². The Morgan fingerprint density at radius 3 is 2.56 bits per heavy atom. The summed E-state index contributed by atoms with van der Waals surface area (Å²) in [4.78, 5) is 14.2. The van der Waals surface area contributed by atoms with E-state index in [1.165, 1.54) is 44.9 Å². The van der Waals surface area contributed by atoms with Crippen molar-refractivity contribution in [2.75, 3.05) is 6.54 Å². The Morgan fingerprint density at radius 1 is 1.19 bits per heavy atom. The first kappa shape index (κ1) is 11.7. The topological polar surface area (TPSA) is 32.3 Å². The van der Waals surface area contributed by atoms with Crippen molar-refractivity contribution in [2.45, 2.75) is 70.4 Å². The summed E-state index contributed by atoms with van der Waals surface area (Å²) in [5.41, 5.74) is 0. The molecule has 0 aromatic rings. The molecule has 1 N–H and O–H groups in total. The molecule has 92 valence electrons. The Labute approximate surface area is 98.6 Å². The molecule has 3 nitrogen and oxygen atoms in total. The predicted molar refractivity (Wildman–Crippen MR) is 65.4 cm³/mol. The molecular weight excluding hydrogens is 200 g/mol. The first-order chi connectivity index (χ1) is 7.81. The molecule has 0 radical (unpaired) electrons. The van der Waals surface area contributed by atoms with Gasteiger partial charge in [0.05, 0.1) is 0 Å². The van der Waals surface area contributed by atoms with E-state index >= 15 is 0 Å². The molecule has 1 saturated heterocycles. The normalized spacial score (nSPS) is 27.1. The summed E-state index contributed by atoms with van der Waals surface area (Å²) in [6.07, 6.45) is 9.66. The number of amides is 2. The molecule has 0 bridgehead atoms. The van der Waals surface area contributed by atoms with Crippen molar-refractivity contribution >= 4 is 6.03 Å². The molecule has 1 aliphatic carbocycles. The molecule has 3 heteroatoms. The summed E-state index contributed by atoms with van der Waals surface area (Å²) in [5.74, 6) is 0. The van der Waals surface area contributed by atoms with E-state index in [2.05, 4.69) is 17.1 Å². The summed E-state index contributed by atoms with van der Waals surface area (Å²) >= 11 is 0. The van der Waals surface area contributed by atoms with Crippen molar-refractivity contribution in [3.63, 3.8) is 0 Å². The lowest BCUT2D eigenvalue weighted by Gasteiger charge is -2.36. The first-order valence-corrected chi connectivity index (χ1v) is 6.88. The van der Waals surface area contributed by atoms with Crippen LogP contribution in [0.5, 0.6) is 0 Å². The summed E-state index contributed by atoms with van der Waals surface area (Å²) in [6.45, 7) is 3.14. The van der Waals surface area contributed by atoms with Crippen molar-refractivity contribution < 1.29 is 4.79 Å². The largest absolute Gasteiger partial charge is 0.335 e. The third-order valence-corrected chi connectivity index (χ3v) is 4.04. The predicted octanol–water partition coefficient (Wildman–Crippen LogP) is 2.90. The van der Waals surface area contributed by atoms with Gasteiger partial charge < -0.3 is 10.2 Å². The van der Waals surface area contributed by atoms with Crippen LogP contribution in [-0.2, 0) is 0 Å². The number of hydrogen-bond acceptors (Lipinski definition) is 1. The molecule has 0 aromatic heterocycles. The zero-order valence-electron chi connectivity index (χ0n) is 10.4. The fraction of sp³-hybridized carbons (Fsp3) is 0.923. The molecule has 16 heavy (non-hydrogen) atoms. The molecule has 2 rings (SSSR count). The van der Waals surface area contributed by atoms with Gasteiger partial charge in [-0.25, -0.2) is 4.79 Å². The highest BCUT2D eigenvalue weighted by molar-refractivity contribution is 5.75. The van der Waals surface area contributed by atoms with E-state index in [0.717, 1.165) is 13.0 Å². The van der Waals surface area contributed by atoms with Crippen LogP contribution in [0.2, 0.25) is 0 Å². The van der Waals surface area contributed by atoms with Crippen molar-refractivity contribution in [2.24, 2.45) is 0 Å². The SMILES string of the molecule is CC[C@H]1CCCCN1C(=O)NC1CCCC1. The van der Waals surface area contributed by atoms with Gasteiger partial charge in [0.15, 0.2) is 0 Å². The second-order valence-corrected chi connectivity index (χ2v) is 5.18. The lowest BCUT2D eigenvalue weighted by molar-refractivity contribution is 0.146. The van der Waals surface area contributed by atoms with Crippen LogP contribution in [-0.4, -0.2) is 29.6 Å². The Morgan fingerprint density at radius 2 is 1.88 bits per heavy atom. The van der Waals surface area contributed by atoms with E-state index in [1.807, 2.05) is 0 Å². The number of likely N-dealkylation sites (tertiary alicyclic amines) is 1. The number of urea groups is 1. The summed E-state index contributed by atoms with van der Waals surface area (Å²) < 4.78 is 0. The number of piperidine rings is 1. The number of hydrogen-bond donors (Lipinski definition) is 1. The molecule has 2 fully saturated rings. The molecule has 0 unspecified atom stereocenters. The highest BCUT2D eigenvalue weighted by Crippen LogP contribution is 2.21. The van der Waals surface area contributed by atoms with Crippen LogP contribution in [0.3, 0.4) is 0 Å². The number of nitrogens with one attached hydrogen (secondary N) is 1. The molecular formula is C13H24N2O. The maximum Gasteiger partial charge on any atom is 0.317 e. The zero-order chi connectivity index (χ0) is 11.4. The van der Waals surface area contributed by atoms with Gasteiger partial charge >= 0.3 is 6.03 Å². The quantitative estimate of drug-likeness (QED) is 0.768. The molecule has 1 aliphatic heterocycles. The summed E-state index contributed by atoms with van der Waals surface area (Å²) in [6, 6.07) is 1.13. The van der Waals surface area contributed by atoms with E-state index in [1.54, 1.807) is 0 Å². The number of nitrogens with zero attached hydrogens (tertiary/aromatic N) is 1. The maximum absolute atomic E-state index is 12.1. The van der Waals surface area contributed by atoms with Gasteiger partial charge in [-0.3, -0.25) is 0 Å². The molecule has 1 heterocycles. The monoisotopic (exact) mass is 224 g/mol. The lowest BCUT2D eigenvalue weighted by Crippen LogP contribution is -2.50. The first-order valence-electron chi connectivity index (χ1n) is 6.88. The smallest absolute Gasteiger partial charge is 0.317 e. The van der Waals surface area contributed by atoms with Crippen LogP contribution in [0, 0.1) is 0 Å². The minimum absolute atomic E-state index is 0.193. The molecule has 0 spiro atoms. The van der Waals surface area contributed by atoms with Gasteiger partial charge in [0.25, 0.3) is 0 Å². The molecule has 0 aromatic carbocycles. The van der Waals surface area contributed by atoms with Crippen molar-refractivity contribution in [3.05, 3.63) is 0 Å². The average Bonchev–Trinajstić information content (AvgIpc) is 2.81. The highest BCUT2D eigenvalue weighted by Gasteiger charge is 2.27. The molecule has 2 amide bonds. The number of carbonyl (C=O) groups is 1. The van der Waals surface area contributed by atoms with Gasteiger partial charge in [0, 0.05) is 18.6 Å². The number of carbonyl (C=O) groups excluding carboxylic acids is 1. The minimum Gasteiger partial charge on any atom is -0.335 e. The van der Waals surface area contributed by atoms with Crippen LogP contribution in [0.25, 0.3) is 0 Å². The van der Waals surface area contributed by atoms with Gasteiger partial charge in [-0.15, -0.1) is 0 Å². The molecule has 2 aliphatic rings. The Balaban J connectivity index is 1.86. The van der Waals surface area contributed by atoms with E-state index < -0.39 is 0 Å². The third kappa shape index (κ3) is 2.69. The van der Waals surface area contributed by atoms with Gasteiger partial charge in [-0.2, -0.15) is 0 Å². The minimum atomic E-state index is 0.193. The Bertz CT molecular complexity index is 236. The number of rotatable bonds is 2. The Hall–Kier alpha value is -0.730. The zero-order valence-corrected chi connectivity index (χ0v) is 10.4. The second kappa shape index (κ2) is 5.55. The van der Waals surface area contributed by atoms with Crippen molar-refractivity contribution in [1.82, 2.24) is 10.2 Å². The standard InChI is InChI=1S/C13H24N2O/c1-2-12-9-5-6-10-15(12)13(16)14-11-7-3-4-8-11/h11-12H,2-10H2,1H3,(H,14,16)/t12-/m0/s1. The van der Waals surface area contributed by atoms with E-state index in [9.17, 15) is 4.79 Å². The maximum atomic E-state index is 12.1. The van der Waals surface area contributed by atoms with Gasteiger partial charge in [0.1, 0.15) is 0 Å². The van der Waals surface area contributed by atoms with Gasteiger partial charge in [0.2, 0.25) is 0 Å². The fourth-order valence-corrected chi connectivity index (χ4v) is 3.02. The fourth-order valence-electron chi connectivity index (χ4n) is 3.02.